The first-order valence-corrected chi connectivity index (χ1v) is 11.8. The molecule has 0 saturated heterocycles. The molecule has 35 heavy (non-hydrogen) atoms. The quantitative estimate of drug-likeness (QED) is 0.320. The highest BCUT2D eigenvalue weighted by Crippen LogP contribution is 2.32. The number of methoxy groups -OCH3 is 1. The van der Waals surface area contributed by atoms with Crippen LogP contribution in [-0.2, 0) is 6.54 Å². The summed E-state index contributed by atoms with van der Waals surface area (Å²) >= 11 is 0. The number of carbonyl (C=O) groups excluding carboxylic acids is 1. The maximum absolute atomic E-state index is 11.1. The van der Waals surface area contributed by atoms with Gasteiger partial charge in [0.05, 0.1) is 12.7 Å². The van der Waals surface area contributed by atoms with Crippen LogP contribution in [0.15, 0.2) is 62.8 Å². The van der Waals surface area contributed by atoms with E-state index in [1.807, 2.05) is 18.2 Å². The van der Waals surface area contributed by atoms with Gasteiger partial charge in [0.15, 0.2) is 11.5 Å². The number of hydrogen-bond acceptors (Lipinski definition) is 6. The van der Waals surface area contributed by atoms with Gasteiger partial charge in [-0.3, -0.25) is 4.79 Å². The minimum Gasteiger partial charge on any atom is -0.493 e. The molecule has 1 heterocycles. The third-order valence-corrected chi connectivity index (χ3v) is 5.66. The van der Waals surface area contributed by atoms with E-state index in [0.29, 0.717) is 22.9 Å². The van der Waals surface area contributed by atoms with Crippen LogP contribution < -0.4 is 20.5 Å². The van der Waals surface area contributed by atoms with Crippen LogP contribution in [0.5, 0.6) is 17.4 Å². The summed E-state index contributed by atoms with van der Waals surface area (Å²) in [6.45, 7) is 16.2. The van der Waals surface area contributed by atoms with Crippen LogP contribution in [0.1, 0.15) is 54.9 Å². The van der Waals surface area contributed by atoms with Gasteiger partial charge in [-0.05, 0) is 48.6 Å². The number of aliphatic hydroxyl groups is 1. The lowest BCUT2D eigenvalue weighted by Crippen LogP contribution is -2.20. The Morgan fingerprint density at radius 2 is 1.74 bits per heavy atom. The number of nitrogens with one attached hydrogen (secondary N) is 1. The number of aliphatic hydroxyl groups excluding tert-OH is 1. The van der Waals surface area contributed by atoms with E-state index in [1.165, 1.54) is 38.3 Å². The zero-order chi connectivity index (χ0) is 26.6. The lowest BCUT2D eigenvalue weighted by molar-refractivity contribution is 0.1000. The van der Waals surface area contributed by atoms with Crippen LogP contribution in [0.25, 0.3) is 0 Å². The lowest BCUT2D eigenvalue weighted by Gasteiger charge is -2.26. The molecule has 2 aromatic rings. The van der Waals surface area contributed by atoms with Crippen LogP contribution in [0.4, 0.5) is 0 Å². The Morgan fingerprint density at radius 3 is 2.29 bits per heavy atom. The van der Waals surface area contributed by atoms with Crippen LogP contribution in [0.2, 0.25) is 0 Å². The number of nitrogens with two attached hydrogens (primary N) is 1. The van der Waals surface area contributed by atoms with Crippen molar-refractivity contribution in [1.82, 2.24) is 10.3 Å². The average Bonchev–Trinajstić information content (AvgIpc) is 2.92. The number of pyridine rings is 1. The molecule has 0 spiro atoms. The molecule has 1 aromatic heterocycles. The number of aromatic nitrogens is 1. The fourth-order valence-electron chi connectivity index (χ4n) is 3.76. The zero-order valence-electron chi connectivity index (χ0n) is 21.6. The fourth-order valence-corrected chi connectivity index (χ4v) is 3.76. The minimum absolute atomic E-state index is 0.341. The van der Waals surface area contributed by atoms with Gasteiger partial charge < -0.3 is 25.6 Å². The van der Waals surface area contributed by atoms with E-state index in [2.05, 4.69) is 43.5 Å². The summed E-state index contributed by atoms with van der Waals surface area (Å²) in [5, 5.41) is 10.5. The van der Waals surface area contributed by atoms with E-state index in [1.54, 1.807) is 19.2 Å². The molecule has 7 nitrogen and oxygen atoms in total. The van der Waals surface area contributed by atoms with Crippen molar-refractivity contribution in [3.05, 3.63) is 74.0 Å². The van der Waals surface area contributed by atoms with Gasteiger partial charge in [0.25, 0.3) is 0 Å². The van der Waals surface area contributed by atoms with Crippen LogP contribution in [0, 0.1) is 11.8 Å². The van der Waals surface area contributed by atoms with Crippen molar-refractivity contribution in [3.8, 4) is 17.4 Å². The molecule has 1 aliphatic carbocycles. The molecule has 0 radical (unpaired) electrons. The summed E-state index contributed by atoms with van der Waals surface area (Å²) in [5.74, 6) is 2.86. The van der Waals surface area contributed by atoms with E-state index in [0.717, 1.165) is 37.6 Å². The second kappa shape index (κ2) is 19.2. The monoisotopic (exact) mass is 485 g/mol. The second-order valence-electron chi connectivity index (χ2n) is 7.93. The minimum atomic E-state index is -0.517. The summed E-state index contributed by atoms with van der Waals surface area (Å²) in [5.41, 5.74) is 6.71. The number of hydrogen-bond donors (Lipinski definition) is 3. The van der Waals surface area contributed by atoms with Gasteiger partial charge in [-0.1, -0.05) is 38.7 Å². The van der Waals surface area contributed by atoms with Gasteiger partial charge >= 0.3 is 0 Å². The number of nitrogens with zero attached hydrogens (tertiary/aromatic N) is 1. The molecule has 0 atom stereocenters. The van der Waals surface area contributed by atoms with Crippen LogP contribution >= 0.6 is 0 Å². The molecule has 3 rings (SSSR count). The number of primary amides is 1. The van der Waals surface area contributed by atoms with Crippen molar-refractivity contribution in [2.24, 2.45) is 17.6 Å². The first kappa shape index (κ1) is 31.8. The summed E-state index contributed by atoms with van der Waals surface area (Å²) in [4.78, 5) is 15.2. The van der Waals surface area contributed by atoms with Crippen LogP contribution in [0.3, 0.4) is 0 Å². The molecule has 1 aromatic carbocycles. The summed E-state index contributed by atoms with van der Waals surface area (Å²) in [6.07, 6.45) is 8.15. The average molecular weight is 486 g/mol. The molecule has 0 bridgehead atoms. The topological polar surface area (TPSA) is 107 Å². The van der Waals surface area contributed by atoms with Gasteiger partial charge in [-0.2, -0.15) is 0 Å². The molecule has 194 valence electrons. The fraction of sp³-hybridized carbons (Fsp3) is 0.429. The maximum atomic E-state index is 11.1. The predicted octanol–water partition coefficient (Wildman–Crippen LogP) is 5.50. The predicted molar refractivity (Wildman–Crippen MR) is 144 cm³/mol. The Kier molecular flexibility index (Phi) is 17.4. The molecule has 1 aliphatic rings. The zero-order valence-corrected chi connectivity index (χ0v) is 21.6. The third kappa shape index (κ3) is 11.7. The van der Waals surface area contributed by atoms with E-state index in [4.69, 9.17) is 20.3 Å². The van der Waals surface area contributed by atoms with Crippen molar-refractivity contribution in [2.45, 2.75) is 45.6 Å². The van der Waals surface area contributed by atoms with Gasteiger partial charge in [0, 0.05) is 25.9 Å². The first-order valence-electron chi connectivity index (χ1n) is 11.8. The maximum Gasteiger partial charge on any atom is 0.250 e. The van der Waals surface area contributed by atoms with Crippen molar-refractivity contribution in [3.63, 3.8) is 0 Å². The second-order valence-corrected chi connectivity index (χ2v) is 7.93. The van der Waals surface area contributed by atoms with E-state index >= 15 is 0 Å². The van der Waals surface area contributed by atoms with E-state index in [9.17, 15) is 4.79 Å². The molecule has 1 amide bonds. The molecule has 7 heteroatoms. The number of ether oxygens (including phenoxy) is 2. The van der Waals surface area contributed by atoms with Gasteiger partial charge in [-0.15, -0.1) is 26.3 Å². The SMILES string of the molecule is C=C.C=C.CO.COc1cc(CNCCC2CCC(C)CC2)ccc1Oc1ccc(C(N)=O)cn1. The summed E-state index contributed by atoms with van der Waals surface area (Å²) in [7, 11) is 2.62. The van der Waals surface area contributed by atoms with Gasteiger partial charge in [0.1, 0.15) is 0 Å². The standard InChI is InChI=1S/C23H31N3O3.2C2H4.CH4O/c1-16-3-5-17(6-4-16)11-12-25-14-18-7-9-20(21(13-18)28-2)29-22-10-8-19(15-26-22)23(24)27;3*1-2/h7-10,13,15-17,25H,3-6,11-12,14H2,1-2H3,(H2,24,27);2*1-2H2;2H,1H3. The molecule has 1 saturated carbocycles. The highest BCUT2D eigenvalue weighted by Gasteiger charge is 2.17. The molecule has 1 fully saturated rings. The Balaban J connectivity index is 0.00000179. The molecular formula is C28H43N3O4. The van der Waals surface area contributed by atoms with Gasteiger partial charge in [-0.25, -0.2) is 4.98 Å². The highest BCUT2D eigenvalue weighted by atomic mass is 16.5. The Hall–Kier alpha value is -3.16. The van der Waals surface area contributed by atoms with Crippen LogP contribution in [-0.4, -0.2) is 36.8 Å². The Bertz CT molecular complexity index is 833. The Labute approximate surface area is 211 Å². The van der Waals surface area contributed by atoms with Crippen molar-refractivity contribution in [2.75, 3.05) is 20.8 Å². The number of rotatable bonds is 9. The van der Waals surface area contributed by atoms with Crippen molar-refractivity contribution >= 4 is 5.91 Å². The normalized spacial score (nSPS) is 16.1. The van der Waals surface area contributed by atoms with E-state index < -0.39 is 5.91 Å². The smallest absolute Gasteiger partial charge is 0.250 e. The number of amides is 1. The van der Waals surface area contributed by atoms with Crippen molar-refractivity contribution < 1.29 is 19.4 Å². The Morgan fingerprint density at radius 1 is 1.09 bits per heavy atom. The largest absolute Gasteiger partial charge is 0.493 e. The first-order chi connectivity index (χ1) is 17.0. The molecule has 0 aliphatic heterocycles. The number of carbonyl (C=O) groups is 1. The van der Waals surface area contributed by atoms with E-state index in [-0.39, 0.29) is 0 Å². The highest BCUT2D eigenvalue weighted by molar-refractivity contribution is 5.92. The molecule has 0 unspecified atom stereocenters. The van der Waals surface area contributed by atoms with Crippen molar-refractivity contribution in [1.29, 1.82) is 0 Å². The molecule has 4 N–H and O–H groups in total. The summed E-state index contributed by atoms with van der Waals surface area (Å²) < 4.78 is 11.3. The number of benzene rings is 1. The van der Waals surface area contributed by atoms with Gasteiger partial charge in [0.2, 0.25) is 11.8 Å². The summed E-state index contributed by atoms with van der Waals surface area (Å²) in [6, 6.07) is 9.07. The molecular weight excluding hydrogens is 442 g/mol. The third-order valence-electron chi connectivity index (χ3n) is 5.66. The lowest BCUT2D eigenvalue weighted by atomic mass is 9.81.